The van der Waals surface area contributed by atoms with Crippen LogP contribution in [-0.2, 0) is 6.42 Å². The lowest BCUT2D eigenvalue weighted by Crippen LogP contribution is -2.06. The summed E-state index contributed by atoms with van der Waals surface area (Å²) in [6.45, 7) is 0. The predicted molar refractivity (Wildman–Crippen MR) is 267 cm³/mol. The molecule has 13 rings (SSSR count). The smallest absolute Gasteiger partial charge is 0.164 e. The second-order valence-corrected chi connectivity index (χ2v) is 16.8. The fourth-order valence-electron chi connectivity index (χ4n) is 10.1. The molecule has 0 aliphatic heterocycles. The van der Waals surface area contributed by atoms with Gasteiger partial charge in [0.05, 0.1) is 27.8 Å². The largest absolute Gasteiger partial charge is 0.316 e. The van der Waals surface area contributed by atoms with Crippen LogP contribution in [0.25, 0.3) is 106 Å². The Bertz CT molecular complexity index is 3750. The van der Waals surface area contributed by atoms with Gasteiger partial charge in [-0.25, -0.2) is 15.0 Å². The molecule has 0 saturated carbocycles. The van der Waals surface area contributed by atoms with Crippen LogP contribution in [0, 0.1) is 0 Å². The Morgan fingerprint density at radius 2 is 0.969 bits per heavy atom. The number of aromatic nitrogens is 6. The van der Waals surface area contributed by atoms with Gasteiger partial charge >= 0.3 is 0 Å². The Hall–Kier alpha value is -8.61. The molecule has 6 nitrogen and oxygen atoms in total. The standard InChI is InChI=1S/C59H40N6/c1-5-17-39(18-6-1)42-31-33-52-49(38-42)55-53(63-36-35-48-50(63)34-32-47-46-27-13-14-28-51(46)65(56(47)48)44-24-11-4-12-25-44)29-16-30-54(55)64(52)45-26-15-23-43(37-45)59-61-57(40-19-7-2-8-20-40)60-58(62-59)41-21-9-3-10-22-41/h1-30,32,34-38H,31,33H2. The number of rotatable bonds is 7. The molecule has 0 atom stereocenters. The summed E-state index contributed by atoms with van der Waals surface area (Å²) in [6.07, 6.45) is 6.53. The van der Waals surface area contributed by atoms with Crippen molar-refractivity contribution in [3.05, 3.63) is 229 Å². The van der Waals surface area contributed by atoms with E-state index in [0.717, 1.165) is 57.6 Å². The van der Waals surface area contributed by atoms with Gasteiger partial charge in [0, 0.05) is 67.1 Å². The maximum atomic E-state index is 5.11. The van der Waals surface area contributed by atoms with E-state index in [0.29, 0.717) is 17.5 Å². The van der Waals surface area contributed by atoms with Gasteiger partial charge in [0.1, 0.15) is 0 Å². The number of fused-ring (bicyclic) bond motifs is 8. The average molecular weight is 833 g/mol. The SMILES string of the molecule is C1=C(c2ccccc2)CCc2c1c1c(-n3ccc4c3ccc3c5ccccc5n(-c5ccccc5)c34)cccc1n2-c1cccc(-c2nc(-c3ccccc3)nc(-c3ccccc3)n2)c1. The third-order valence-corrected chi connectivity index (χ3v) is 13.0. The van der Waals surface area contributed by atoms with Crippen LogP contribution in [0.1, 0.15) is 23.2 Å². The fourth-order valence-corrected chi connectivity index (χ4v) is 10.1. The third kappa shape index (κ3) is 6.06. The van der Waals surface area contributed by atoms with E-state index in [1.54, 1.807) is 0 Å². The minimum atomic E-state index is 0.634. The Labute approximate surface area is 375 Å². The van der Waals surface area contributed by atoms with E-state index in [4.69, 9.17) is 15.0 Å². The number of benzene rings is 8. The van der Waals surface area contributed by atoms with Gasteiger partial charge in [-0.05, 0) is 84.7 Å². The minimum absolute atomic E-state index is 0.634. The van der Waals surface area contributed by atoms with Crippen LogP contribution in [0.5, 0.6) is 0 Å². The molecule has 8 aromatic carbocycles. The summed E-state index contributed by atoms with van der Waals surface area (Å²) in [7, 11) is 0. The van der Waals surface area contributed by atoms with Gasteiger partial charge in [-0.1, -0.05) is 152 Å². The number of para-hydroxylation sites is 2. The molecule has 0 fully saturated rings. The lowest BCUT2D eigenvalue weighted by molar-refractivity contribution is 0.898. The highest BCUT2D eigenvalue weighted by Gasteiger charge is 2.26. The van der Waals surface area contributed by atoms with Crippen LogP contribution in [0.3, 0.4) is 0 Å². The Morgan fingerprint density at radius 1 is 0.385 bits per heavy atom. The number of allylic oxidation sites excluding steroid dienone is 1. The van der Waals surface area contributed by atoms with E-state index in [1.807, 2.05) is 36.4 Å². The van der Waals surface area contributed by atoms with Crippen molar-refractivity contribution in [1.29, 1.82) is 0 Å². The molecule has 4 heterocycles. The van der Waals surface area contributed by atoms with Gasteiger partial charge in [0.15, 0.2) is 17.5 Å². The maximum absolute atomic E-state index is 5.11. The van der Waals surface area contributed by atoms with Crippen LogP contribution >= 0.6 is 0 Å². The van der Waals surface area contributed by atoms with E-state index in [1.165, 1.54) is 55.0 Å². The molecule has 0 N–H and O–H groups in total. The minimum Gasteiger partial charge on any atom is -0.316 e. The van der Waals surface area contributed by atoms with E-state index >= 15 is 0 Å². The molecule has 0 radical (unpaired) electrons. The molecule has 0 unspecified atom stereocenters. The number of nitrogens with zero attached hydrogens (tertiary/aromatic N) is 6. The van der Waals surface area contributed by atoms with Crippen molar-refractivity contribution in [2.24, 2.45) is 0 Å². The van der Waals surface area contributed by atoms with Gasteiger partial charge in [0.2, 0.25) is 0 Å². The van der Waals surface area contributed by atoms with Crippen LogP contribution in [0.4, 0.5) is 0 Å². The van der Waals surface area contributed by atoms with Crippen molar-refractivity contribution in [3.63, 3.8) is 0 Å². The topological polar surface area (TPSA) is 53.5 Å². The summed E-state index contributed by atoms with van der Waals surface area (Å²) in [5.41, 5.74) is 16.1. The second-order valence-electron chi connectivity index (χ2n) is 16.8. The predicted octanol–water partition coefficient (Wildman–Crippen LogP) is 14.3. The Kier molecular flexibility index (Phi) is 8.56. The number of hydrogen-bond acceptors (Lipinski definition) is 3. The quantitative estimate of drug-likeness (QED) is 0.161. The van der Waals surface area contributed by atoms with Crippen molar-refractivity contribution in [2.45, 2.75) is 12.8 Å². The maximum Gasteiger partial charge on any atom is 0.164 e. The van der Waals surface area contributed by atoms with E-state index < -0.39 is 0 Å². The second kappa shape index (κ2) is 15.0. The summed E-state index contributed by atoms with van der Waals surface area (Å²) in [5.74, 6) is 1.93. The molecule has 65 heavy (non-hydrogen) atoms. The van der Waals surface area contributed by atoms with Crippen molar-refractivity contribution in [2.75, 3.05) is 0 Å². The van der Waals surface area contributed by atoms with Crippen LogP contribution in [0.2, 0.25) is 0 Å². The first kappa shape index (κ1) is 37.0. The average Bonchev–Trinajstić information content (AvgIpc) is 4.08. The lowest BCUT2D eigenvalue weighted by Gasteiger charge is -2.18. The highest BCUT2D eigenvalue weighted by Crippen LogP contribution is 2.43. The van der Waals surface area contributed by atoms with Gasteiger partial charge in [-0.15, -0.1) is 0 Å². The summed E-state index contributed by atoms with van der Waals surface area (Å²) in [4.78, 5) is 15.2. The molecule has 1 aliphatic rings. The lowest BCUT2D eigenvalue weighted by atomic mass is 9.91. The first-order chi connectivity index (χ1) is 32.2. The molecule has 0 bridgehead atoms. The molecule has 0 spiro atoms. The van der Waals surface area contributed by atoms with Crippen LogP contribution in [-0.4, -0.2) is 28.7 Å². The summed E-state index contributed by atoms with van der Waals surface area (Å²) >= 11 is 0. The Balaban J connectivity index is 1.03. The van der Waals surface area contributed by atoms with Gasteiger partial charge in [-0.3, -0.25) is 0 Å². The summed E-state index contributed by atoms with van der Waals surface area (Å²) in [6, 6.07) is 73.1. The first-order valence-corrected chi connectivity index (χ1v) is 22.2. The zero-order valence-electron chi connectivity index (χ0n) is 35.4. The van der Waals surface area contributed by atoms with Gasteiger partial charge < -0.3 is 13.7 Å². The molecular formula is C59H40N6. The van der Waals surface area contributed by atoms with Gasteiger partial charge in [0.25, 0.3) is 0 Å². The van der Waals surface area contributed by atoms with Crippen LogP contribution < -0.4 is 0 Å². The number of hydrogen-bond donors (Lipinski definition) is 0. The van der Waals surface area contributed by atoms with E-state index in [9.17, 15) is 0 Å². The van der Waals surface area contributed by atoms with Crippen molar-refractivity contribution in [3.8, 4) is 51.2 Å². The molecule has 12 aromatic rings. The third-order valence-electron chi connectivity index (χ3n) is 13.0. The van der Waals surface area contributed by atoms with E-state index in [-0.39, 0.29) is 0 Å². The van der Waals surface area contributed by atoms with Gasteiger partial charge in [-0.2, -0.15) is 0 Å². The van der Waals surface area contributed by atoms with Crippen LogP contribution in [0.15, 0.2) is 212 Å². The molecule has 0 amide bonds. The molecule has 0 saturated heterocycles. The van der Waals surface area contributed by atoms with Crippen molar-refractivity contribution >= 4 is 55.3 Å². The molecule has 1 aliphatic carbocycles. The summed E-state index contributed by atoms with van der Waals surface area (Å²) < 4.78 is 7.30. The molecule has 306 valence electrons. The van der Waals surface area contributed by atoms with E-state index in [2.05, 4.69) is 196 Å². The first-order valence-electron chi connectivity index (χ1n) is 22.2. The van der Waals surface area contributed by atoms with Crippen molar-refractivity contribution in [1.82, 2.24) is 28.7 Å². The Morgan fingerprint density at radius 3 is 1.69 bits per heavy atom. The molecule has 4 aromatic heterocycles. The fraction of sp³-hybridized carbons (Fsp3) is 0.0339. The highest BCUT2D eigenvalue weighted by atomic mass is 15.0. The molecule has 6 heteroatoms. The summed E-state index contributed by atoms with van der Waals surface area (Å²) in [5, 5.41) is 4.93. The van der Waals surface area contributed by atoms with Crippen molar-refractivity contribution < 1.29 is 0 Å². The molecular weight excluding hydrogens is 793 g/mol. The zero-order chi connectivity index (χ0) is 42.8. The normalized spacial score (nSPS) is 12.6. The highest BCUT2D eigenvalue weighted by molar-refractivity contribution is 6.18. The zero-order valence-corrected chi connectivity index (χ0v) is 35.4. The monoisotopic (exact) mass is 832 g/mol.